The lowest BCUT2D eigenvalue weighted by molar-refractivity contribution is 0.0228. The standard InChI is InChI=1S/C20H19N3O3/c24-13-9-12(10-13)19(17-7-3-4-8-21-17)23-20(26)15-11-18(25)22-16-6-2-1-5-14(15)16/h1-8,11-13,19,24H,9-10H2,(H,22,25)(H,23,26). The Morgan fingerprint density at radius 1 is 1.19 bits per heavy atom. The molecule has 1 aromatic carbocycles. The summed E-state index contributed by atoms with van der Waals surface area (Å²) >= 11 is 0. The summed E-state index contributed by atoms with van der Waals surface area (Å²) in [5, 5.41) is 13.4. The maximum Gasteiger partial charge on any atom is 0.252 e. The highest BCUT2D eigenvalue weighted by molar-refractivity contribution is 6.06. The zero-order chi connectivity index (χ0) is 18.1. The van der Waals surface area contributed by atoms with E-state index >= 15 is 0 Å². The predicted octanol–water partition coefficient (Wildman–Crippen LogP) is 2.17. The minimum Gasteiger partial charge on any atom is -0.393 e. The van der Waals surface area contributed by atoms with Crippen molar-refractivity contribution in [3.05, 3.63) is 76.3 Å². The van der Waals surface area contributed by atoms with Crippen molar-refractivity contribution in [3.8, 4) is 0 Å². The van der Waals surface area contributed by atoms with E-state index in [9.17, 15) is 14.7 Å². The van der Waals surface area contributed by atoms with E-state index in [1.165, 1.54) is 6.07 Å². The van der Waals surface area contributed by atoms with Crippen LogP contribution in [0.5, 0.6) is 0 Å². The topological polar surface area (TPSA) is 95.1 Å². The number of aliphatic hydroxyl groups is 1. The van der Waals surface area contributed by atoms with Gasteiger partial charge in [-0.3, -0.25) is 14.6 Å². The molecule has 0 spiro atoms. The van der Waals surface area contributed by atoms with Crippen molar-refractivity contribution in [1.29, 1.82) is 0 Å². The lowest BCUT2D eigenvalue weighted by atomic mass is 9.76. The van der Waals surface area contributed by atoms with Crippen LogP contribution in [0.4, 0.5) is 0 Å². The number of fused-ring (bicyclic) bond motifs is 1. The Balaban J connectivity index is 1.68. The number of aliphatic hydroxyl groups excluding tert-OH is 1. The second-order valence-electron chi connectivity index (χ2n) is 6.68. The van der Waals surface area contributed by atoms with Gasteiger partial charge in [0.05, 0.1) is 23.4 Å². The summed E-state index contributed by atoms with van der Waals surface area (Å²) in [6.07, 6.45) is 2.60. The third kappa shape index (κ3) is 3.11. The Kier molecular flexibility index (Phi) is 4.26. The minimum absolute atomic E-state index is 0.122. The van der Waals surface area contributed by atoms with E-state index in [-0.39, 0.29) is 29.5 Å². The van der Waals surface area contributed by atoms with Crippen LogP contribution in [0.25, 0.3) is 10.9 Å². The van der Waals surface area contributed by atoms with Crippen molar-refractivity contribution in [3.63, 3.8) is 0 Å². The number of para-hydroxylation sites is 1. The average molecular weight is 349 g/mol. The fourth-order valence-corrected chi connectivity index (χ4v) is 3.51. The largest absolute Gasteiger partial charge is 0.393 e. The Morgan fingerprint density at radius 3 is 2.69 bits per heavy atom. The number of aromatic amines is 1. The van der Waals surface area contributed by atoms with E-state index in [0.717, 1.165) is 5.69 Å². The van der Waals surface area contributed by atoms with Gasteiger partial charge in [0, 0.05) is 23.2 Å². The molecular weight excluding hydrogens is 330 g/mol. The van der Waals surface area contributed by atoms with Crippen LogP contribution in [0.15, 0.2) is 59.5 Å². The zero-order valence-corrected chi connectivity index (χ0v) is 14.1. The highest BCUT2D eigenvalue weighted by Gasteiger charge is 2.36. The van der Waals surface area contributed by atoms with Crippen molar-refractivity contribution in [2.24, 2.45) is 5.92 Å². The van der Waals surface area contributed by atoms with Crippen molar-refractivity contribution in [1.82, 2.24) is 15.3 Å². The number of amides is 1. The van der Waals surface area contributed by atoms with E-state index in [2.05, 4.69) is 15.3 Å². The molecule has 1 atom stereocenters. The SMILES string of the molecule is O=C(NC(c1ccccn1)C1CC(O)C1)c1cc(=O)[nH]c2ccccc12. The summed E-state index contributed by atoms with van der Waals surface area (Å²) in [6.45, 7) is 0. The van der Waals surface area contributed by atoms with Gasteiger partial charge < -0.3 is 15.4 Å². The molecule has 2 heterocycles. The van der Waals surface area contributed by atoms with Crippen LogP contribution in [-0.4, -0.2) is 27.1 Å². The van der Waals surface area contributed by atoms with Crippen LogP contribution >= 0.6 is 0 Å². The molecule has 1 aliphatic carbocycles. The Hall–Kier alpha value is -2.99. The molecule has 4 rings (SSSR count). The smallest absolute Gasteiger partial charge is 0.252 e. The van der Waals surface area contributed by atoms with Gasteiger partial charge in [-0.2, -0.15) is 0 Å². The van der Waals surface area contributed by atoms with E-state index in [0.29, 0.717) is 29.3 Å². The number of hydrogen-bond donors (Lipinski definition) is 3. The maximum absolute atomic E-state index is 13.0. The molecule has 1 aliphatic rings. The van der Waals surface area contributed by atoms with Crippen molar-refractivity contribution < 1.29 is 9.90 Å². The molecule has 3 aromatic rings. The third-order valence-electron chi connectivity index (χ3n) is 4.91. The van der Waals surface area contributed by atoms with E-state index in [1.54, 1.807) is 12.3 Å². The van der Waals surface area contributed by atoms with Crippen LogP contribution in [0, 0.1) is 5.92 Å². The lowest BCUT2D eigenvalue weighted by Crippen LogP contribution is -2.42. The number of aromatic nitrogens is 2. The van der Waals surface area contributed by atoms with Crippen LogP contribution in [0.1, 0.15) is 34.9 Å². The summed E-state index contributed by atoms with van der Waals surface area (Å²) in [4.78, 5) is 32.0. The molecule has 0 saturated heterocycles. The van der Waals surface area contributed by atoms with Gasteiger partial charge >= 0.3 is 0 Å². The van der Waals surface area contributed by atoms with E-state index in [1.807, 2.05) is 36.4 Å². The quantitative estimate of drug-likeness (QED) is 0.673. The molecule has 6 nitrogen and oxygen atoms in total. The average Bonchev–Trinajstić information content (AvgIpc) is 2.63. The third-order valence-corrected chi connectivity index (χ3v) is 4.91. The number of H-pyrrole nitrogens is 1. The van der Waals surface area contributed by atoms with Gasteiger partial charge in [0.2, 0.25) is 5.56 Å². The molecular formula is C20H19N3O3. The summed E-state index contributed by atoms with van der Waals surface area (Å²) in [5.41, 5.74) is 1.40. The fourth-order valence-electron chi connectivity index (χ4n) is 3.51. The lowest BCUT2D eigenvalue weighted by Gasteiger charge is -2.37. The summed E-state index contributed by atoms with van der Waals surface area (Å²) in [7, 11) is 0. The Bertz CT molecular complexity index is 994. The van der Waals surface area contributed by atoms with Gasteiger partial charge in [-0.25, -0.2) is 0 Å². The Labute approximate surface area is 149 Å². The maximum atomic E-state index is 13.0. The molecule has 0 bridgehead atoms. The second-order valence-corrected chi connectivity index (χ2v) is 6.68. The monoisotopic (exact) mass is 349 g/mol. The van der Waals surface area contributed by atoms with Gasteiger partial charge in [-0.1, -0.05) is 24.3 Å². The normalized spacial score (nSPS) is 20.3. The molecule has 2 aromatic heterocycles. The number of carbonyl (C=O) groups excluding carboxylic acids is 1. The van der Waals surface area contributed by atoms with Gasteiger partial charge in [-0.15, -0.1) is 0 Å². The molecule has 1 unspecified atom stereocenters. The van der Waals surface area contributed by atoms with Gasteiger partial charge in [-0.05, 0) is 37.0 Å². The summed E-state index contributed by atoms with van der Waals surface area (Å²) in [6, 6.07) is 13.8. The minimum atomic E-state index is -0.330. The number of nitrogens with zero attached hydrogens (tertiary/aromatic N) is 1. The van der Waals surface area contributed by atoms with Gasteiger partial charge in [0.1, 0.15) is 0 Å². The van der Waals surface area contributed by atoms with Crippen LogP contribution in [0.2, 0.25) is 0 Å². The van der Waals surface area contributed by atoms with Crippen LogP contribution in [0.3, 0.4) is 0 Å². The van der Waals surface area contributed by atoms with Crippen LogP contribution < -0.4 is 10.9 Å². The molecule has 3 N–H and O–H groups in total. The highest BCUT2D eigenvalue weighted by atomic mass is 16.3. The summed E-state index contributed by atoms with van der Waals surface area (Å²) in [5.74, 6) is -0.193. The van der Waals surface area contributed by atoms with Gasteiger partial charge in [0.25, 0.3) is 5.91 Å². The molecule has 132 valence electrons. The zero-order valence-electron chi connectivity index (χ0n) is 14.1. The Morgan fingerprint density at radius 2 is 1.96 bits per heavy atom. The first-order chi connectivity index (χ1) is 12.6. The van der Waals surface area contributed by atoms with Crippen molar-refractivity contribution in [2.75, 3.05) is 0 Å². The predicted molar refractivity (Wildman–Crippen MR) is 97.7 cm³/mol. The van der Waals surface area contributed by atoms with Crippen molar-refractivity contribution >= 4 is 16.8 Å². The molecule has 0 radical (unpaired) electrons. The molecule has 0 aliphatic heterocycles. The van der Waals surface area contributed by atoms with Crippen molar-refractivity contribution in [2.45, 2.75) is 25.0 Å². The molecule has 1 saturated carbocycles. The van der Waals surface area contributed by atoms with E-state index < -0.39 is 0 Å². The fraction of sp³-hybridized carbons (Fsp3) is 0.250. The summed E-state index contributed by atoms with van der Waals surface area (Å²) < 4.78 is 0. The first-order valence-corrected chi connectivity index (χ1v) is 8.64. The molecule has 1 fully saturated rings. The van der Waals surface area contributed by atoms with Crippen LogP contribution in [-0.2, 0) is 0 Å². The molecule has 6 heteroatoms. The first-order valence-electron chi connectivity index (χ1n) is 8.64. The number of rotatable bonds is 4. The number of carbonyl (C=O) groups is 1. The highest BCUT2D eigenvalue weighted by Crippen LogP contribution is 2.37. The number of hydrogen-bond acceptors (Lipinski definition) is 4. The van der Waals surface area contributed by atoms with Gasteiger partial charge in [0.15, 0.2) is 0 Å². The van der Waals surface area contributed by atoms with E-state index in [4.69, 9.17) is 0 Å². The number of pyridine rings is 2. The second kappa shape index (κ2) is 6.72. The number of nitrogens with one attached hydrogen (secondary N) is 2. The first kappa shape index (κ1) is 16.5. The molecule has 26 heavy (non-hydrogen) atoms. The number of benzene rings is 1. The molecule has 1 amide bonds.